The van der Waals surface area contributed by atoms with E-state index in [1.165, 1.54) is 19.2 Å². The number of carbonyl (C=O) groups is 3. The summed E-state index contributed by atoms with van der Waals surface area (Å²) in [5.41, 5.74) is 1.24. The topological polar surface area (TPSA) is 88.2 Å². The number of hydrogen-bond acceptors (Lipinski definition) is 4. The molecule has 2 amide bonds. The summed E-state index contributed by atoms with van der Waals surface area (Å²) in [6.07, 6.45) is 1.42. The first-order chi connectivity index (χ1) is 11.7. The molecular formula is C19H21N3O3. The van der Waals surface area contributed by atoms with Gasteiger partial charge in [-0.1, -0.05) is 0 Å². The first-order valence-electron chi connectivity index (χ1n) is 7.86. The quantitative estimate of drug-likeness (QED) is 0.838. The molecule has 0 fully saturated rings. The van der Waals surface area contributed by atoms with Crippen molar-refractivity contribution in [1.82, 2.24) is 10.3 Å². The third kappa shape index (κ3) is 5.24. The summed E-state index contributed by atoms with van der Waals surface area (Å²) < 4.78 is 0. The number of nitrogens with one attached hydrogen (secondary N) is 2. The molecule has 0 aliphatic heterocycles. The van der Waals surface area contributed by atoms with Gasteiger partial charge in [0.15, 0.2) is 5.78 Å². The minimum atomic E-state index is -0.430. The largest absolute Gasteiger partial charge is 0.347 e. The lowest BCUT2D eigenvalue weighted by atomic mass is 10.1. The first kappa shape index (κ1) is 18.3. The van der Waals surface area contributed by atoms with Crippen LogP contribution in [-0.2, 0) is 0 Å². The van der Waals surface area contributed by atoms with Gasteiger partial charge in [-0.15, -0.1) is 0 Å². The zero-order valence-corrected chi connectivity index (χ0v) is 14.7. The minimum Gasteiger partial charge on any atom is -0.347 e. The third-order valence-corrected chi connectivity index (χ3v) is 3.29. The van der Waals surface area contributed by atoms with Crippen molar-refractivity contribution in [2.24, 2.45) is 0 Å². The van der Waals surface area contributed by atoms with Crippen LogP contribution in [0.3, 0.4) is 0 Å². The van der Waals surface area contributed by atoms with Gasteiger partial charge in [-0.05, 0) is 64.1 Å². The SMILES string of the molecule is CC(=O)c1ccc(NC(=O)c2cc(C(=O)NC(C)(C)C)ccn2)cc1. The van der Waals surface area contributed by atoms with Crippen molar-refractivity contribution in [1.29, 1.82) is 0 Å². The maximum absolute atomic E-state index is 12.3. The number of rotatable bonds is 4. The molecule has 130 valence electrons. The lowest BCUT2D eigenvalue weighted by molar-refractivity contribution is 0.0918. The molecule has 0 aliphatic rings. The molecule has 6 heteroatoms. The predicted octanol–water partition coefficient (Wildman–Crippen LogP) is 3.06. The fourth-order valence-electron chi connectivity index (χ4n) is 2.09. The van der Waals surface area contributed by atoms with Crippen LogP contribution in [0.25, 0.3) is 0 Å². The average Bonchev–Trinajstić information content (AvgIpc) is 2.54. The Morgan fingerprint density at radius 3 is 2.12 bits per heavy atom. The molecule has 2 N–H and O–H groups in total. The molecule has 25 heavy (non-hydrogen) atoms. The summed E-state index contributed by atoms with van der Waals surface area (Å²) >= 11 is 0. The molecule has 2 rings (SSSR count). The highest BCUT2D eigenvalue weighted by Gasteiger charge is 2.17. The smallest absolute Gasteiger partial charge is 0.274 e. The molecule has 0 spiro atoms. The van der Waals surface area contributed by atoms with Crippen molar-refractivity contribution in [3.63, 3.8) is 0 Å². The molecule has 1 heterocycles. The van der Waals surface area contributed by atoms with E-state index in [1.54, 1.807) is 30.3 Å². The Hall–Kier alpha value is -3.02. The maximum Gasteiger partial charge on any atom is 0.274 e. The molecule has 0 unspecified atom stereocenters. The second kappa shape index (κ2) is 7.25. The van der Waals surface area contributed by atoms with Gasteiger partial charge < -0.3 is 10.6 Å². The predicted molar refractivity (Wildman–Crippen MR) is 95.9 cm³/mol. The van der Waals surface area contributed by atoms with Crippen LogP contribution in [0, 0.1) is 0 Å². The van der Waals surface area contributed by atoms with Crippen molar-refractivity contribution in [2.75, 3.05) is 5.32 Å². The van der Waals surface area contributed by atoms with Gasteiger partial charge in [-0.3, -0.25) is 19.4 Å². The van der Waals surface area contributed by atoms with E-state index in [0.29, 0.717) is 16.8 Å². The van der Waals surface area contributed by atoms with E-state index in [4.69, 9.17) is 0 Å². The molecule has 0 atom stereocenters. The van der Waals surface area contributed by atoms with Crippen molar-refractivity contribution < 1.29 is 14.4 Å². The number of nitrogens with zero attached hydrogens (tertiary/aromatic N) is 1. The molecule has 0 radical (unpaired) electrons. The number of Topliss-reactive ketones (excluding diaryl/α,β-unsaturated/α-hetero) is 1. The van der Waals surface area contributed by atoms with Gasteiger partial charge >= 0.3 is 0 Å². The van der Waals surface area contributed by atoms with Crippen LogP contribution in [0.15, 0.2) is 42.6 Å². The Labute approximate surface area is 146 Å². The zero-order chi connectivity index (χ0) is 18.6. The Bertz CT molecular complexity index is 805. The second-order valence-electron chi connectivity index (χ2n) is 6.72. The zero-order valence-electron chi connectivity index (χ0n) is 14.7. The van der Waals surface area contributed by atoms with Crippen molar-refractivity contribution in [3.05, 3.63) is 59.4 Å². The van der Waals surface area contributed by atoms with Crippen molar-refractivity contribution in [3.8, 4) is 0 Å². The summed E-state index contributed by atoms with van der Waals surface area (Å²) in [6, 6.07) is 9.56. The van der Waals surface area contributed by atoms with Crippen LogP contribution < -0.4 is 10.6 Å². The summed E-state index contributed by atoms with van der Waals surface area (Å²) in [5.74, 6) is -0.743. The number of benzene rings is 1. The number of anilines is 1. The van der Waals surface area contributed by atoms with Gasteiger partial charge in [0.25, 0.3) is 11.8 Å². The van der Waals surface area contributed by atoms with E-state index < -0.39 is 5.91 Å². The van der Waals surface area contributed by atoms with Crippen molar-refractivity contribution >= 4 is 23.3 Å². The summed E-state index contributed by atoms with van der Waals surface area (Å²) in [5, 5.41) is 5.53. The van der Waals surface area contributed by atoms with E-state index in [2.05, 4.69) is 15.6 Å². The van der Waals surface area contributed by atoms with E-state index in [1.807, 2.05) is 20.8 Å². The standard InChI is InChI=1S/C19H21N3O3/c1-12(23)13-5-7-15(8-6-13)21-18(25)16-11-14(9-10-20-16)17(24)22-19(2,3)4/h5-11H,1-4H3,(H,21,25)(H,22,24). The lowest BCUT2D eigenvalue weighted by Gasteiger charge is -2.20. The van der Waals surface area contributed by atoms with Gasteiger partial charge in [0.1, 0.15) is 5.69 Å². The van der Waals surface area contributed by atoms with E-state index in [9.17, 15) is 14.4 Å². The highest BCUT2D eigenvalue weighted by Crippen LogP contribution is 2.12. The molecule has 0 bridgehead atoms. The van der Waals surface area contributed by atoms with Gasteiger partial charge in [0.2, 0.25) is 0 Å². The highest BCUT2D eigenvalue weighted by atomic mass is 16.2. The van der Waals surface area contributed by atoms with Gasteiger partial charge in [-0.25, -0.2) is 0 Å². The normalized spacial score (nSPS) is 10.9. The van der Waals surface area contributed by atoms with Crippen LogP contribution in [0.1, 0.15) is 58.9 Å². The molecule has 6 nitrogen and oxygen atoms in total. The van der Waals surface area contributed by atoms with Crippen LogP contribution >= 0.6 is 0 Å². The monoisotopic (exact) mass is 339 g/mol. The summed E-state index contributed by atoms with van der Waals surface area (Å²) in [4.78, 5) is 39.8. The van der Waals surface area contributed by atoms with Crippen LogP contribution in [0.5, 0.6) is 0 Å². The number of amides is 2. The molecule has 0 saturated carbocycles. The third-order valence-electron chi connectivity index (χ3n) is 3.29. The lowest BCUT2D eigenvalue weighted by Crippen LogP contribution is -2.40. The summed E-state index contributed by atoms with van der Waals surface area (Å²) in [6.45, 7) is 7.12. The Balaban J connectivity index is 2.13. The van der Waals surface area contributed by atoms with E-state index in [0.717, 1.165) is 0 Å². The fourth-order valence-corrected chi connectivity index (χ4v) is 2.09. The van der Waals surface area contributed by atoms with Crippen LogP contribution in [-0.4, -0.2) is 28.1 Å². The molecule has 1 aromatic heterocycles. The molecule has 1 aromatic carbocycles. The highest BCUT2D eigenvalue weighted by molar-refractivity contribution is 6.05. The maximum atomic E-state index is 12.3. The first-order valence-corrected chi connectivity index (χ1v) is 7.86. The van der Waals surface area contributed by atoms with Crippen molar-refractivity contribution in [2.45, 2.75) is 33.2 Å². The number of pyridine rings is 1. The Morgan fingerprint density at radius 2 is 1.56 bits per heavy atom. The average molecular weight is 339 g/mol. The van der Waals surface area contributed by atoms with Gasteiger partial charge in [0.05, 0.1) is 0 Å². The van der Waals surface area contributed by atoms with Crippen LogP contribution in [0.2, 0.25) is 0 Å². The summed E-state index contributed by atoms with van der Waals surface area (Å²) in [7, 11) is 0. The van der Waals surface area contributed by atoms with E-state index in [-0.39, 0.29) is 22.9 Å². The number of ketones is 1. The second-order valence-corrected chi connectivity index (χ2v) is 6.72. The van der Waals surface area contributed by atoms with Gasteiger partial charge in [-0.2, -0.15) is 0 Å². The molecule has 0 aliphatic carbocycles. The number of hydrogen-bond donors (Lipinski definition) is 2. The fraction of sp³-hybridized carbons (Fsp3) is 0.263. The number of aromatic nitrogens is 1. The van der Waals surface area contributed by atoms with Gasteiger partial charge in [0, 0.05) is 28.6 Å². The molecule has 2 aromatic rings. The molecule has 0 saturated heterocycles. The minimum absolute atomic E-state index is 0.0443. The number of carbonyl (C=O) groups excluding carboxylic acids is 3. The van der Waals surface area contributed by atoms with Crippen LogP contribution in [0.4, 0.5) is 5.69 Å². The molecular weight excluding hydrogens is 318 g/mol. The van der Waals surface area contributed by atoms with E-state index >= 15 is 0 Å². The Morgan fingerprint density at radius 1 is 0.920 bits per heavy atom. The Kier molecular flexibility index (Phi) is 5.32.